The fourth-order valence-corrected chi connectivity index (χ4v) is 7.85. The van der Waals surface area contributed by atoms with Crippen molar-refractivity contribution in [2.75, 3.05) is 30.9 Å². The summed E-state index contributed by atoms with van der Waals surface area (Å²) in [5.41, 5.74) is 7.00. The molecule has 0 saturated heterocycles. The van der Waals surface area contributed by atoms with E-state index >= 15 is 0 Å². The molecule has 3 aromatic heterocycles. The highest BCUT2D eigenvalue weighted by Crippen LogP contribution is 2.28. The van der Waals surface area contributed by atoms with Crippen molar-refractivity contribution in [2.24, 2.45) is 5.10 Å². The number of aromatic nitrogens is 7. The van der Waals surface area contributed by atoms with Crippen LogP contribution in [-0.2, 0) is 11.3 Å². The Morgan fingerprint density at radius 2 is 1.51 bits per heavy atom. The van der Waals surface area contributed by atoms with E-state index in [1.165, 1.54) is 4.70 Å². The fourth-order valence-electron chi connectivity index (χ4n) is 5.48. The molecule has 1 aliphatic heterocycles. The summed E-state index contributed by atoms with van der Waals surface area (Å²) in [6.45, 7) is 13.6. The lowest BCUT2D eigenvalue weighted by atomic mass is 10.3. The third-order valence-corrected chi connectivity index (χ3v) is 10.9. The number of thiazole rings is 1. The van der Waals surface area contributed by atoms with Crippen LogP contribution in [0.15, 0.2) is 108 Å². The number of anilines is 3. The van der Waals surface area contributed by atoms with Gasteiger partial charge in [-0.15, -0.1) is 26.6 Å². The molecule has 320 valence electrons. The van der Waals surface area contributed by atoms with Crippen molar-refractivity contribution in [2.45, 2.75) is 66.4 Å². The summed E-state index contributed by atoms with van der Waals surface area (Å²) in [6.07, 6.45) is 1.50. The molecule has 1 aliphatic rings. The van der Waals surface area contributed by atoms with Crippen molar-refractivity contribution >= 4 is 72.1 Å². The number of hydrazone groups is 1. The lowest BCUT2D eigenvalue weighted by Crippen LogP contribution is -2.25. The molecule has 15 nitrogen and oxygen atoms in total. The molecule has 0 radical (unpaired) electrons. The summed E-state index contributed by atoms with van der Waals surface area (Å²) in [5.74, 6) is 2.58. The molecule has 0 spiro atoms. The number of fused-ring (bicyclic) bond motifs is 1. The van der Waals surface area contributed by atoms with Crippen molar-refractivity contribution in [3.8, 4) is 17.2 Å². The maximum atomic E-state index is 11.7. The zero-order chi connectivity index (χ0) is 43.4. The molecule has 0 saturated carbocycles. The van der Waals surface area contributed by atoms with Crippen molar-refractivity contribution < 1.29 is 14.3 Å². The number of ether oxygens (including phenoxy) is 2. The van der Waals surface area contributed by atoms with Gasteiger partial charge in [0, 0.05) is 19.2 Å². The van der Waals surface area contributed by atoms with E-state index in [-0.39, 0.29) is 11.4 Å². The Labute approximate surface area is 369 Å². The van der Waals surface area contributed by atoms with Gasteiger partial charge in [0.2, 0.25) is 11.0 Å². The normalized spacial score (nSPS) is 12.6. The minimum absolute atomic E-state index is 0.0848. The summed E-state index contributed by atoms with van der Waals surface area (Å²) in [4.78, 5) is 17.9. The molecule has 0 fully saturated rings. The fraction of sp³-hybridized carbons (Fsp3) is 0.302. The highest BCUT2D eigenvalue weighted by atomic mass is 32.2. The van der Waals surface area contributed by atoms with E-state index in [9.17, 15) is 4.79 Å². The molecule has 4 aromatic carbocycles. The first-order valence-electron chi connectivity index (χ1n) is 19.8. The van der Waals surface area contributed by atoms with E-state index in [2.05, 4.69) is 57.9 Å². The first-order valence-corrected chi connectivity index (χ1v) is 22.3. The van der Waals surface area contributed by atoms with Gasteiger partial charge in [0.1, 0.15) is 27.2 Å². The van der Waals surface area contributed by atoms with Gasteiger partial charge in [0.15, 0.2) is 11.3 Å². The first-order chi connectivity index (χ1) is 29.7. The van der Waals surface area contributed by atoms with Crippen LogP contribution in [0.25, 0.3) is 15.9 Å². The molecule has 3 N–H and O–H groups in total. The molecular weight excluding hydrogens is 829 g/mol. The molecule has 0 bridgehead atoms. The van der Waals surface area contributed by atoms with Crippen LogP contribution in [0.2, 0.25) is 0 Å². The number of nitrogens with zero attached hydrogens (tertiary/aromatic N) is 9. The second kappa shape index (κ2) is 24.2. The van der Waals surface area contributed by atoms with Gasteiger partial charge in [-0.05, 0) is 100.0 Å². The molecule has 4 heterocycles. The molecule has 7 aromatic rings. The number of carbonyl (C=O) groups excluding carboxylic acids is 1. The summed E-state index contributed by atoms with van der Waals surface area (Å²) >= 11 is 4.86. The minimum Gasteiger partial charge on any atom is -0.492 e. The number of carbonyl (C=O) groups is 1. The summed E-state index contributed by atoms with van der Waals surface area (Å²) in [5, 5.41) is 33.7. The smallest absolute Gasteiger partial charge is 0.222 e. The number of rotatable bonds is 13. The Morgan fingerprint density at radius 3 is 2.16 bits per heavy atom. The van der Waals surface area contributed by atoms with Crippen LogP contribution >= 0.6 is 34.4 Å². The molecule has 8 rings (SSSR count). The van der Waals surface area contributed by atoms with Gasteiger partial charge in [-0.1, -0.05) is 84.6 Å². The SMILES string of the molecule is CCCC(=O)N(C)Cc1nc2ccccc2s1.CCOc1ccccc1-n1nnnc1C.CCOc1ccccc1NC1NN=C(C)S1.Cc1nnc(Nc2ccccc2)s1. The number of para-hydroxylation sites is 6. The number of nitrogens with one attached hydrogen (secondary N) is 3. The molecule has 0 aliphatic carbocycles. The van der Waals surface area contributed by atoms with Crippen molar-refractivity contribution in [1.82, 2.24) is 45.7 Å². The third kappa shape index (κ3) is 14.5. The van der Waals surface area contributed by atoms with Crippen molar-refractivity contribution in [1.29, 1.82) is 0 Å². The molecular formula is C43H52N12O3S3. The van der Waals surface area contributed by atoms with Crippen LogP contribution in [0.4, 0.5) is 16.5 Å². The van der Waals surface area contributed by atoms with Crippen LogP contribution < -0.4 is 25.5 Å². The number of tetrazole rings is 1. The monoisotopic (exact) mass is 880 g/mol. The van der Waals surface area contributed by atoms with E-state index in [4.69, 9.17) is 9.47 Å². The van der Waals surface area contributed by atoms with E-state index in [0.717, 1.165) is 66.5 Å². The molecule has 1 amide bonds. The zero-order valence-electron chi connectivity index (χ0n) is 35.4. The van der Waals surface area contributed by atoms with E-state index in [0.29, 0.717) is 26.2 Å². The number of amides is 1. The highest BCUT2D eigenvalue weighted by molar-refractivity contribution is 8.14. The molecule has 1 atom stereocenters. The van der Waals surface area contributed by atoms with Gasteiger partial charge in [-0.2, -0.15) is 9.78 Å². The van der Waals surface area contributed by atoms with E-state index < -0.39 is 0 Å². The lowest BCUT2D eigenvalue weighted by Gasteiger charge is -2.16. The topological polar surface area (TPSA) is 169 Å². The van der Waals surface area contributed by atoms with Crippen LogP contribution in [0.3, 0.4) is 0 Å². The van der Waals surface area contributed by atoms with Crippen molar-refractivity contribution in [3.05, 3.63) is 119 Å². The second-order valence-electron chi connectivity index (χ2n) is 13.1. The summed E-state index contributed by atoms with van der Waals surface area (Å²) in [6, 6.07) is 33.6. The van der Waals surface area contributed by atoms with Gasteiger partial charge >= 0.3 is 0 Å². The average Bonchev–Trinajstić information content (AvgIpc) is 4.08. The lowest BCUT2D eigenvalue weighted by molar-refractivity contribution is -0.130. The summed E-state index contributed by atoms with van der Waals surface area (Å²) in [7, 11) is 1.84. The van der Waals surface area contributed by atoms with Crippen LogP contribution in [0.5, 0.6) is 11.5 Å². The standard InChI is InChI=1S/C13H16N2OS.C11H15N3OS.C10H12N4O.C9H9N3S/c1-3-6-13(16)15(2)9-12-14-10-7-4-5-8-11(10)17-12;1-3-15-10-7-5-4-6-9(10)12-11-14-13-8(2)16-11;1-3-15-10-7-5-4-6-9(10)14-8(2)11-12-13-14;1-7-11-12-9(13-7)10-8-5-3-2-4-6-8/h4-5,7-8H,3,6,9H2,1-2H3;4-7,11-12,14H,3H2,1-2H3;4-7H,3H2,1-2H3;2-6H,1H3,(H,10,12). The number of aryl methyl sites for hydroxylation is 2. The second-order valence-corrected chi connectivity index (χ2v) is 16.7. The minimum atomic E-state index is 0.0848. The van der Waals surface area contributed by atoms with Gasteiger partial charge in [-0.3, -0.25) is 10.2 Å². The molecule has 61 heavy (non-hydrogen) atoms. The van der Waals surface area contributed by atoms with E-state index in [1.807, 2.05) is 146 Å². The van der Waals surface area contributed by atoms with Gasteiger partial charge in [0.25, 0.3) is 0 Å². The average molecular weight is 881 g/mol. The largest absolute Gasteiger partial charge is 0.492 e. The maximum absolute atomic E-state index is 11.7. The number of thioether (sulfide) groups is 1. The Kier molecular flexibility index (Phi) is 18.3. The van der Waals surface area contributed by atoms with Crippen LogP contribution in [-0.4, -0.2) is 77.0 Å². The number of hydrogen-bond donors (Lipinski definition) is 3. The van der Waals surface area contributed by atoms with Crippen LogP contribution in [0.1, 0.15) is 56.4 Å². The Bertz CT molecular complexity index is 2390. The van der Waals surface area contributed by atoms with Crippen LogP contribution in [0, 0.1) is 13.8 Å². The number of hydrogen-bond acceptors (Lipinski definition) is 16. The first kappa shape index (κ1) is 46.0. The quantitative estimate of drug-likeness (QED) is 0.100. The van der Waals surface area contributed by atoms with Gasteiger partial charge < -0.3 is 25.0 Å². The zero-order valence-corrected chi connectivity index (χ0v) is 37.9. The summed E-state index contributed by atoms with van der Waals surface area (Å²) < 4.78 is 13.9. The Balaban J connectivity index is 0.000000155. The molecule has 1 unspecified atom stereocenters. The Hall–Kier alpha value is -6.11. The van der Waals surface area contributed by atoms with Gasteiger partial charge in [-0.25, -0.2) is 4.98 Å². The third-order valence-electron chi connectivity index (χ3n) is 8.27. The maximum Gasteiger partial charge on any atom is 0.222 e. The predicted molar refractivity (Wildman–Crippen MR) is 249 cm³/mol. The van der Waals surface area contributed by atoms with Gasteiger partial charge in [0.05, 0.1) is 40.7 Å². The van der Waals surface area contributed by atoms with E-state index in [1.54, 1.807) is 44.0 Å². The molecule has 18 heteroatoms. The van der Waals surface area contributed by atoms with Crippen molar-refractivity contribution in [3.63, 3.8) is 0 Å². The number of benzene rings is 4. The highest BCUT2D eigenvalue weighted by Gasteiger charge is 2.17. The predicted octanol–water partition coefficient (Wildman–Crippen LogP) is 9.46. The Morgan fingerprint density at radius 1 is 0.820 bits per heavy atom.